The maximum Gasteiger partial charge on any atom is 0.271 e. The van der Waals surface area contributed by atoms with E-state index in [0.29, 0.717) is 17.2 Å². The molecular weight excluding hydrogens is 312 g/mol. The van der Waals surface area contributed by atoms with Crippen LogP contribution in [-0.2, 0) is 4.79 Å². The van der Waals surface area contributed by atoms with E-state index in [1.54, 1.807) is 51.3 Å². The van der Waals surface area contributed by atoms with E-state index >= 15 is 0 Å². The number of nitro groups is 1. The van der Waals surface area contributed by atoms with Gasteiger partial charge in [0.05, 0.1) is 17.7 Å². The molecule has 0 fully saturated rings. The molecule has 0 saturated carbocycles. The van der Waals surface area contributed by atoms with E-state index < -0.39 is 16.9 Å². The summed E-state index contributed by atoms with van der Waals surface area (Å²) in [5.74, 6) is 0.712. The van der Waals surface area contributed by atoms with E-state index in [9.17, 15) is 14.9 Å². The average molecular weight is 330 g/mol. The first-order valence-corrected chi connectivity index (χ1v) is 7.27. The Morgan fingerprint density at radius 1 is 1.21 bits per heavy atom. The van der Waals surface area contributed by atoms with Crippen LogP contribution in [0.4, 0.5) is 11.4 Å². The molecule has 0 aliphatic rings. The lowest BCUT2D eigenvalue weighted by Crippen LogP contribution is -2.30. The summed E-state index contributed by atoms with van der Waals surface area (Å²) in [6, 6.07) is 11.2. The van der Waals surface area contributed by atoms with Crippen molar-refractivity contribution in [1.29, 1.82) is 0 Å². The van der Waals surface area contributed by atoms with Gasteiger partial charge in [0.15, 0.2) is 6.10 Å². The molecule has 7 heteroatoms. The summed E-state index contributed by atoms with van der Waals surface area (Å²) in [6.07, 6.45) is -0.782. The summed E-state index contributed by atoms with van der Waals surface area (Å²) in [5, 5.41) is 13.5. The van der Waals surface area contributed by atoms with Crippen LogP contribution < -0.4 is 14.8 Å². The van der Waals surface area contributed by atoms with Crippen LogP contribution in [0.5, 0.6) is 11.5 Å². The lowest BCUT2D eigenvalue weighted by Gasteiger charge is -2.16. The van der Waals surface area contributed by atoms with Crippen LogP contribution in [0.2, 0.25) is 0 Å². The van der Waals surface area contributed by atoms with Gasteiger partial charge in [-0.1, -0.05) is 12.1 Å². The van der Waals surface area contributed by atoms with Crippen molar-refractivity contribution in [2.45, 2.75) is 20.0 Å². The maximum absolute atomic E-state index is 12.3. The highest BCUT2D eigenvalue weighted by atomic mass is 16.6. The monoisotopic (exact) mass is 330 g/mol. The molecule has 1 N–H and O–H groups in total. The zero-order valence-corrected chi connectivity index (χ0v) is 13.6. The highest BCUT2D eigenvalue weighted by Crippen LogP contribution is 2.23. The fourth-order valence-corrected chi connectivity index (χ4v) is 2.02. The summed E-state index contributed by atoms with van der Waals surface area (Å²) < 4.78 is 10.7. The molecule has 24 heavy (non-hydrogen) atoms. The van der Waals surface area contributed by atoms with Crippen molar-refractivity contribution in [2.75, 3.05) is 12.4 Å². The van der Waals surface area contributed by atoms with Gasteiger partial charge in [0, 0.05) is 18.2 Å². The quantitative estimate of drug-likeness (QED) is 0.648. The summed E-state index contributed by atoms with van der Waals surface area (Å²) in [6.45, 7) is 3.36. The first-order chi connectivity index (χ1) is 11.4. The highest BCUT2D eigenvalue weighted by Gasteiger charge is 2.17. The number of nitrogens with zero attached hydrogens (tertiary/aromatic N) is 1. The minimum atomic E-state index is -0.782. The van der Waals surface area contributed by atoms with Crippen molar-refractivity contribution in [3.05, 3.63) is 58.1 Å². The van der Waals surface area contributed by atoms with Gasteiger partial charge >= 0.3 is 0 Å². The number of rotatable bonds is 6. The summed E-state index contributed by atoms with van der Waals surface area (Å²) in [4.78, 5) is 22.6. The van der Waals surface area contributed by atoms with E-state index in [2.05, 4.69) is 5.32 Å². The summed E-state index contributed by atoms with van der Waals surface area (Å²) in [7, 11) is 1.54. The predicted octanol–water partition coefficient (Wildman–Crippen LogP) is 3.32. The van der Waals surface area contributed by atoms with E-state index in [-0.39, 0.29) is 5.69 Å². The minimum absolute atomic E-state index is 0.0859. The smallest absolute Gasteiger partial charge is 0.271 e. The molecule has 0 radical (unpaired) electrons. The third-order valence-corrected chi connectivity index (χ3v) is 3.41. The first-order valence-electron chi connectivity index (χ1n) is 7.27. The normalized spacial score (nSPS) is 11.5. The van der Waals surface area contributed by atoms with Crippen LogP contribution in [0, 0.1) is 17.0 Å². The molecule has 7 nitrogen and oxygen atoms in total. The van der Waals surface area contributed by atoms with Gasteiger partial charge in [0.25, 0.3) is 11.6 Å². The molecule has 126 valence electrons. The molecule has 0 aromatic heterocycles. The van der Waals surface area contributed by atoms with Crippen molar-refractivity contribution in [3.8, 4) is 11.5 Å². The van der Waals surface area contributed by atoms with E-state index in [0.717, 1.165) is 5.56 Å². The standard InChI is InChI=1S/C17H18N2O5/c1-11-7-8-13(19(21)22)9-16(11)18-17(20)12(2)24-15-6-4-5-14(10-15)23-3/h4-10,12H,1-3H3,(H,18,20)/t12-/m1/s1. The largest absolute Gasteiger partial charge is 0.497 e. The number of methoxy groups -OCH3 is 1. The summed E-state index contributed by atoms with van der Waals surface area (Å²) in [5.41, 5.74) is 1.02. The number of ether oxygens (including phenoxy) is 2. The van der Waals surface area contributed by atoms with Crippen LogP contribution >= 0.6 is 0 Å². The van der Waals surface area contributed by atoms with Crippen LogP contribution in [0.25, 0.3) is 0 Å². The second-order valence-corrected chi connectivity index (χ2v) is 5.18. The molecular formula is C17H18N2O5. The van der Waals surface area contributed by atoms with E-state index in [1.165, 1.54) is 12.1 Å². The molecule has 2 rings (SSSR count). The van der Waals surface area contributed by atoms with Crippen molar-refractivity contribution < 1.29 is 19.2 Å². The molecule has 0 spiro atoms. The van der Waals surface area contributed by atoms with Crippen LogP contribution in [0.15, 0.2) is 42.5 Å². The van der Waals surface area contributed by atoms with Crippen molar-refractivity contribution in [2.24, 2.45) is 0 Å². The van der Waals surface area contributed by atoms with Gasteiger partial charge < -0.3 is 14.8 Å². The Morgan fingerprint density at radius 2 is 1.92 bits per heavy atom. The van der Waals surface area contributed by atoms with Gasteiger partial charge in [-0.05, 0) is 31.5 Å². The number of carbonyl (C=O) groups is 1. The van der Waals surface area contributed by atoms with Gasteiger partial charge in [0.2, 0.25) is 0 Å². The molecule has 0 aliphatic heterocycles. The number of hydrogen-bond acceptors (Lipinski definition) is 5. The number of non-ortho nitro benzene ring substituents is 1. The zero-order valence-electron chi connectivity index (χ0n) is 13.6. The summed E-state index contributed by atoms with van der Waals surface area (Å²) >= 11 is 0. The van der Waals surface area contributed by atoms with Gasteiger partial charge in [-0.2, -0.15) is 0 Å². The lowest BCUT2D eigenvalue weighted by atomic mass is 10.1. The first kappa shape index (κ1) is 17.3. The van der Waals surface area contributed by atoms with Gasteiger partial charge in [-0.3, -0.25) is 14.9 Å². The zero-order chi connectivity index (χ0) is 17.7. The van der Waals surface area contributed by atoms with Crippen molar-refractivity contribution in [1.82, 2.24) is 0 Å². The number of hydrogen-bond donors (Lipinski definition) is 1. The maximum atomic E-state index is 12.3. The number of anilines is 1. The van der Waals surface area contributed by atoms with Crippen LogP contribution in [0.3, 0.4) is 0 Å². The molecule has 2 aromatic carbocycles. The Morgan fingerprint density at radius 3 is 2.58 bits per heavy atom. The Kier molecular flexibility index (Phi) is 5.36. The molecule has 0 saturated heterocycles. The topological polar surface area (TPSA) is 90.7 Å². The Labute approximate surface area is 139 Å². The van der Waals surface area contributed by atoms with Gasteiger partial charge in [-0.15, -0.1) is 0 Å². The second kappa shape index (κ2) is 7.45. The Balaban J connectivity index is 2.08. The molecule has 2 aromatic rings. The molecule has 0 aliphatic carbocycles. The van der Waals surface area contributed by atoms with E-state index in [1.807, 2.05) is 0 Å². The molecule has 0 unspecified atom stereocenters. The number of benzene rings is 2. The third kappa shape index (κ3) is 4.22. The van der Waals surface area contributed by atoms with Crippen LogP contribution in [-0.4, -0.2) is 24.0 Å². The van der Waals surface area contributed by atoms with Gasteiger partial charge in [-0.25, -0.2) is 0 Å². The minimum Gasteiger partial charge on any atom is -0.497 e. The number of nitrogens with one attached hydrogen (secondary N) is 1. The molecule has 1 amide bonds. The fourth-order valence-electron chi connectivity index (χ4n) is 2.02. The second-order valence-electron chi connectivity index (χ2n) is 5.18. The number of carbonyl (C=O) groups excluding carboxylic acids is 1. The third-order valence-electron chi connectivity index (χ3n) is 3.41. The van der Waals surface area contributed by atoms with Crippen molar-refractivity contribution in [3.63, 3.8) is 0 Å². The Bertz CT molecular complexity index is 760. The molecule has 0 bridgehead atoms. The average Bonchev–Trinajstić information content (AvgIpc) is 2.56. The van der Waals surface area contributed by atoms with Crippen LogP contribution in [0.1, 0.15) is 12.5 Å². The molecule has 1 atom stereocenters. The number of nitro benzene ring substituents is 1. The van der Waals surface area contributed by atoms with Crippen molar-refractivity contribution >= 4 is 17.3 Å². The lowest BCUT2D eigenvalue weighted by molar-refractivity contribution is -0.384. The SMILES string of the molecule is COc1cccc(O[C@H](C)C(=O)Nc2cc([N+](=O)[O-])ccc2C)c1. The number of amides is 1. The Hall–Kier alpha value is -3.09. The fraction of sp³-hybridized carbons (Fsp3) is 0.235. The highest BCUT2D eigenvalue weighted by molar-refractivity contribution is 5.95. The molecule has 0 heterocycles. The van der Waals surface area contributed by atoms with Gasteiger partial charge in [0.1, 0.15) is 11.5 Å². The van der Waals surface area contributed by atoms with E-state index in [4.69, 9.17) is 9.47 Å². The predicted molar refractivity (Wildman–Crippen MR) is 89.5 cm³/mol. The number of aryl methyl sites for hydroxylation is 1.